The van der Waals surface area contributed by atoms with E-state index in [0.29, 0.717) is 0 Å². The standard InChI is InChI=1S/C13H21BrN2OS/c1-9(15)12(10-4-5-11(14)18-10)16-6-7-17-13(2,3)8-16/h4-5,9,12H,6-8,15H2,1-3H3. The highest BCUT2D eigenvalue weighted by Crippen LogP contribution is 2.34. The molecular formula is C13H21BrN2OS. The maximum atomic E-state index is 6.21. The third-order valence-corrected chi connectivity index (χ3v) is 4.93. The van der Waals surface area contributed by atoms with E-state index in [1.165, 1.54) is 4.88 Å². The predicted molar refractivity (Wildman–Crippen MR) is 80.0 cm³/mol. The van der Waals surface area contributed by atoms with Crippen LogP contribution in [0.5, 0.6) is 0 Å². The first-order chi connectivity index (χ1) is 8.39. The van der Waals surface area contributed by atoms with Crippen LogP contribution in [0.1, 0.15) is 31.7 Å². The van der Waals surface area contributed by atoms with Crippen LogP contribution >= 0.6 is 27.3 Å². The zero-order valence-electron chi connectivity index (χ0n) is 11.1. The van der Waals surface area contributed by atoms with Crippen molar-refractivity contribution < 1.29 is 4.74 Å². The highest BCUT2D eigenvalue weighted by molar-refractivity contribution is 9.11. The number of hydrogen-bond acceptors (Lipinski definition) is 4. The average molecular weight is 333 g/mol. The van der Waals surface area contributed by atoms with E-state index in [2.05, 4.69) is 53.7 Å². The van der Waals surface area contributed by atoms with Crippen LogP contribution in [-0.4, -0.2) is 36.2 Å². The first kappa shape index (κ1) is 14.5. The van der Waals surface area contributed by atoms with Crippen LogP contribution in [0.15, 0.2) is 15.9 Å². The number of nitrogens with zero attached hydrogens (tertiary/aromatic N) is 1. The van der Waals surface area contributed by atoms with E-state index in [1.54, 1.807) is 11.3 Å². The lowest BCUT2D eigenvalue weighted by Gasteiger charge is -2.43. The third-order valence-electron chi connectivity index (χ3n) is 3.23. The molecule has 3 nitrogen and oxygen atoms in total. The van der Waals surface area contributed by atoms with Crippen molar-refractivity contribution in [1.82, 2.24) is 4.90 Å². The molecule has 1 saturated heterocycles. The first-order valence-corrected chi connectivity index (χ1v) is 7.89. The molecule has 0 amide bonds. The van der Waals surface area contributed by atoms with E-state index >= 15 is 0 Å². The van der Waals surface area contributed by atoms with Gasteiger partial charge in [0.2, 0.25) is 0 Å². The number of nitrogens with two attached hydrogens (primary N) is 1. The smallest absolute Gasteiger partial charge is 0.0753 e. The van der Waals surface area contributed by atoms with Crippen molar-refractivity contribution in [3.63, 3.8) is 0 Å². The lowest BCUT2D eigenvalue weighted by atomic mass is 10.0. The molecule has 0 aromatic carbocycles. The monoisotopic (exact) mass is 332 g/mol. The highest BCUT2D eigenvalue weighted by atomic mass is 79.9. The minimum Gasteiger partial charge on any atom is -0.373 e. The summed E-state index contributed by atoms with van der Waals surface area (Å²) in [7, 11) is 0. The van der Waals surface area contributed by atoms with Crippen molar-refractivity contribution in [3.8, 4) is 0 Å². The molecule has 2 rings (SSSR count). The summed E-state index contributed by atoms with van der Waals surface area (Å²) in [6.07, 6.45) is 0. The van der Waals surface area contributed by atoms with Crippen LogP contribution in [0, 0.1) is 0 Å². The molecule has 1 aromatic rings. The lowest BCUT2D eigenvalue weighted by Crippen LogP contribution is -2.52. The summed E-state index contributed by atoms with van der Waals surface area (Å²) in [5.74, 6) is 0. The van der Waals surface area contributed by atoms with Crippen molar-refractivity contribution in [3.05, 3.63) is 20.8 Å². The number of rotatable bonds is 3. The first-order valence-electron chi connectivity index (χ1n) is 6.28. The van der Waals surface area contributed by atoms with Gasteiger partial charge in [-0.05, 0) is 48.8 Å². The maximum absolute atomic E-state index is 6.21. The van der Waals surface area contributed by atoms with Crippen LogP contribution in [0.25, 0.3) is 0 Å². The molecule has 1 aliphatic heterocycles. The van der Waals surface area contributed by atoms with Gasteiger partial charge in [-0.2, -0.15) is 0 Å². The maximum Gasteiger partial charge on any atom is 0.0753 e. The second kappa shape index (κ2) is 5.59. The van der Waals surface area contributed by atoms with Crippen molar-refractivity contribution in [2.45, 2.75) is 38.5 Å². The topological polar surface area (TPSA) is 38.5 Å². The molecule has 1 aliphatic rings. The Morgan fingerprint density at radius 2 is 2.22 bits per heavy atom. The summed E-state index contributed by atoms with van der Waals surface area (Å²) in [5, 5.41) is 0. The summed E-state index contributed by atoms with van der Waals surface area (Å²) in [5.41, 5.74) is 6.12. The van der Waals surface area contributed by atoms with Gasteiger partial charge in [-0.25, -0.2) is 0 Å². The fraction of sp³-hybridized carbons (Fsp3) is 0.692. The number of hydrogen-bond donors (Lipinski definition) is 1. The normalized spacial score (nSPS) is 23.8. The van der Waals surface area contributed by atoms with Gasteiger partial charge < -0.3 is 10.5 Å². The Morgan fingerprint density at radius 1 is 1.50 bits per heavy atom. The van der Waals surface area contributed by atoms with E-state index in [1.807, 2.05) is 0 Å². The molecule has 2 heterocycles. The SMILES string of the molecule is CC(N)C(c1ccc(Br)s1)N1CCOC(C)(C)C1. The third kappa shape index (κ3) is 3.33. The van der Waals surface area contributed by atoms with Crippen LogP contribution in [0.3, 0.4) is 0 Å². The molecule has 2 N–H and O–H groups in total. The molecule has 0 bridgehead atoms. The van der Waals surface area contributed by atoms with Gasteiger partial charge >= 0.3 is 0 Å². The largest absolute Gasteiger partial charge is 0.373 e. The summed E-state index contributed by atoms with van der Waals surface area (Å²) in [6.45, 7) is 9.02. The molecular weight excluding hydrogens is 312 g/mol. The number of ether oxygens (including phenoxy) is 1. The van der Waals surface area contributed by atoms with Gasteiger partial charge in [-0.1, -0.05) is 0 Å². The molecule has 18 heavy (non-hydrogen) atoms. The second-order valence-electron chi connectivity index (χ2n) is 5.52. The average Bonchev–Trinajstić information content (AvgIpc) is 2.63. The lowest BCUT2D eigenvalue weighted by molar-refractivity contribution is -0.0991. The Morgan fingerprint density at radius 3 is 2.72 bits per heavy atom. The molecule has 0 spiro atoms. The van der Waals surface area contributed by atoms with E-state index < -0.39 is 0 Å². The van der Waals surface area contributed by atoms with Gasteiger partial charge in [0.1, 0.15) is 0 Å². The Hall–Kier alpha value is 0.0600. The molecule has 102 valence electrons. The molecule has 1 fully saturated rings. The van der Waals surface area contributed by atoms with Crippen molar-refractivity contribution in [2.24, 2.45) is 5.73 Å². The van der Waals surface area contributed by atoms with Gasteiger partial charge in [0.15, 0.2) is 0 Å². The predicted octanol–water partition coefficient (Wildman–Crippen LogP) is 3.01. The van der Waals surface area contributed by atoms with Crippen LogP contribution in [0.2, 0.25) is 0 Å². The molecule has 0 radical (unpaired) electrons. The molecule has 0 saturated carbocycles. The highest BCUT2D eigenvalue weighted by Gasteiger charge is 2.34. The van der Waals surface area contributed by atoms with E-state index in [4.69, 9.17) is 10.5 Å². The molecule has 1 aromatic heterocycles. The van der Waals surface area contributed by atoms with Crippen LogP contribution < -0.4 is 5.73 Å². The molecule has 2 unspecified atom stereocenters. The quantitative estimate of drug-likeness (QED) is 0.924. The summed E-state index contributed by atoms with van der Waals surface area (Å²) >= 11 is 5.30. The van der Waals surface area contributed by atoms with Gasteiger partial charge in [-0.15, -0.1) is 11.3 Å². The van der Waals surface area contributed by atoms with Gasteiger partial charge in [0, 0.05) is 24.0 Å². The Balaban J connectivity index is 2.20. The minimum atomic E-state index is -0.0835. The van der Waals surface area contributed by atoms with Crippen LogP contribution in [0.4, 0.5) is 0 Å². The Labute approximate surface area is 121 Å². The molecule has 2 atom stereocenters. The fourth-order valence-corrected chi connectivity index (χ4v) is 4.22. The van der Waals surface area contributed by atoms with Crippen molar-refractivity contribution in [2.75, 3.05) is 19.7 Å². The summed E-state index contributed by atoms with van der Waals surface area (Å²) in [6, 6.07) is 4.67. The van der Waals surface area contributed by atoms with Gasteiger partial charge in [-0.3, -0.25) is 4.90 Å². The van der Waals surface area contributed by atoms with Crippen molar-refractivity contribution >= 4 is 27.3 Å². The summed E-state index contributed by atoms with van der Waals surface area (Å²) < 4.78 is 6.94. The zero-order valence-corrected chi connectivity index (χ0v) is 13.6. The van der Waals surface area contributed by atoms with E-state index in [9.17, 15) is 0 Å². The van der Waals surface area contributed by atoms with Gasteiger partial charge in [0.25, 0.3) is 0 Å². The zero-order chi connectivity index (χ0) is 13.3. The molecule has 5 heteroatoms. The van der Waals surface area contributed by atoms with Crippen molar-refractivity contribution in [1.29, 1.82) is 0 Å². The number of morpholine rings is 1. The second-order valence-corrected chi connectivity index (χ2v) is 8.02. The summed E-state index contributed by atoms with van der Waals surface area (Å²) in [4.78, 5) is 3.78. The van der Waals surface area contributed by atoms with E-state index in [-0.39, 0.29) is 17.7 Å². The fourth-order valence-electron chi connectivity index (χ4n) is 2.55. The van der Waals surface area contributed by atoms with E-state index in [0.717, 1.165) is 23.5 Å². The number of halogens is 1. The van der Waals surface area contributed by atoms with Crippen LogP contribution in [-0.2, 0) is 4.74 Å². The molecule has 0 aliphatic carbocycles. The van der Waals surface area contributed by atoms with Gasteiger partial charge in [0.05, 0.1) is 22.0 Å². The minimum absolute atomic E-state index is 0.0835. The Kier molecular flexibility index (Phi) is 4.49. The number of thiophene rings is 1. The Bertz CT molecular complexity index is 405.